The molecule has 1 atom stereocenters. The van der Waals surface area contributed by atoms with E-state index in [2.05, 4.69) is 17.1 Å². The first kappa shape index (κ1) is 14.8. The third kappa shape index (κ3) is 4.55. The van der Waals surface area contributed by atoms with E-state index in [0.717, 1.165) is 18.7 Å². The minimum absolute atomic E-state index is 0.200. The summed E-state index contributed by atoms with van der Waals surface area (Å²) in [5, 5.41) is 12.6. The molecular formula is C13H19ClN2O2. The summed E-state index contributed by atoms with van der Waals surface area (Å²) in [5.41, 5.74) is 0.972. The Kier molecular flexibility index (Phi) is 5.44. The van der Waals surface area contributed by atoms with E-state index in [9.17, 15) is 4.79 Å². The molecule has 18 heavy (non-hydrogen) atoms. The second-order valence-corrected chi connectivity index (χ2v) is 5.04. The molecule has 2 N–H and O–H groups in total. The molecule has 0 aromatic heterocycles. The zero-order valence-corrected chi connectivity index (χ0v) is 11.7. The fraction of sp³-hybridized carbons (Fsp3) is 0.462. The molecule has 1 aromatic rings. The van der Waals surface area contributed by atoms with Gasteiger partial charge in [0.15, 0.2) is 0 Å². The van der Waals surface area contributed by atoms with E-state index in [1.807, 2.05) is 14.1 Å². The van der Waals surface area contributed by atoms with Gasteiger partial charge in [-0.3, -0.25) is 0 Å². The van der Waals surface area contributed by atoms with Gasteiger partial charge in [0.25, 0.3) is 0 Å². The van der Waals surface area contributed by atoms with Gasteiger partial charge in [0, 0.05) is 6.04 Å². The first-order valence-corrected chi connectivity index (χ1v) is 6.22. The lowest BCUT2D eigenvalue weighted by atomic mass is 10.1. The summed E-state index contributed by atoms with van der Waals surface area (Å²) >= 11 is 6.04. The van der Waals surface area contributed by atoms with E-state index in [-0.39, 0.29) is 11.6 Å². The monoisotopic (exact) mass is 270 g/mol. The van der Waals surface area contributed by atoms with E-state index in [1.54, 1.807) is 12.1 Å². The van der Waals surface area contributed by atoms with E-state index in [0.29, 0.717) is 5.02 Å². The molecule has 0 spiro atoms. The number of anilines is 1. The van der Waals surface area contributed by atoms with Gasteiger partial charge >= 0.3 is 5.97 Å². The molecule has 0 aliphatic carbocycles. The van der Waals surface area contributed by atoms with E-state index in [1.165, 1.54) is 6.07 Å². The number of nitrogens with one attached hydrogen (secondary N) is 1. The molecule has 0 bridgehead atoms. The molecule has 0 amide bonds. The molecule has 0 heterocycles. The number of nitrogens with zero attached hydrogens (tertiary/aromatic N) is 1. The van der Waals surface area contributed by atoms with Crippen LogP contribution in [0.4, 0.5) is 5.69 Å². The third-order valence-electron chi connectivity index (χ3n) is 2.63. The molecular weight excluding hydrogens is 252 g/mol. The summed E-state index contributed by atoms with van der Waals surface area (Å²) in [7, 11) is 4.06. The molecule has 100 valence electrons. The summed E-state index contributed by atoms with van der Waals surface area (Å²) in [6.45, 7) is 3.06. The zero-order valence-electron chi connectivity index (χ0n) is 10.9. The van der Waals surface area contributed by atoms with Crippen LogP contribution in [0, 0.1) is 0 Å². The topological polar surface area (TPSA) is 52.6 Å². The number of carboxylic acid groups (broad SMARTS) is 1. The van der Waals surface area contributed by atoms with Gasteiger partial charge in [-0.25, -0.2) is 4.79 Å². The molecule has 1 unspecified atom stereocenters. The van der Waals surface area contributed by atoms with Gasteiger partial charge in [-0.15, -0.1) is 0 Å². The SMILES string of the molecule is CC(CCN(C)C)Nc1ccc(C(=O)O)cc1Cl. The summed E-state index contributed by atoms with van der Waals surface area (Å²) in [6, 6.07) is 5.00. The second kappa shape index (κ2) is 6.61. The summed E-state index contributed by atoms with van der Waals surface area (Å²) in [4.78, 5) is 12.9. The van der Waals surface area contributed by atoms with Crippen LogP contribution in [0.15, 0.2) is 18.2 Å². The maximum atomic E-state index is 10.8. The number of carboxylic acids is 1. The van der Waals surface area contributed by atoms with Crippen molar-refractivity contribution in [2.75, 3.05) is 26.0 Å². The number of rotatable bonds is 6. The first-order valence-electron chi connectivity index (χ1n) is 5.84. The maximum absolute atomic E-state index is 10.8. The average Bonchev–Trinajstić information content (AvgIpc) is 2.29. The van der Waals surface area contributed by atoms with E-state index >= 15 is 0 Å². The number of aromatic carboxylic acids is 1. The van der Waals surface area contributed by atoms with Crippen LogP contribution < -0.4 is 5.32 Å². The van der Waals surface area contributed by atoms with Gasteiger partial charge < -0.3 is 15.3 Å². The normalized spacial score (nSPS) is 12.5. The molecule has 0 fully saturated rings. The van der Waals surface area contributed by atoms with Crippen molar-refractivity contribution in [3.63, 3.8) is 0 Å². The van der Waals surface area contributed by atoms with Crippen molar-refractivity contribution in [2.45, 2.75) is 19.4 Å². The van der Waals surface area contributed by atoms with Crippen molar-refractivity contribution >= 4 is 23.3 Å². The van der Waals surface area contributed by atoms with Crippen molar-refractivity contribution in [1.29, 1.82) is 0 Å². The van der Waals surface area contributed by atoms with E-state index in [4.69, 9.17) is 16.7 Å². The van der Waals surface area contributed by atoms with Crippen LogP contribution in [0.5, 0.6) is 0 Å². The molecule has 1 aromatic carbocycles. The number of hydrogen-bond acceptors (Lipinski definition) is 3. The van der Waals surface area contributed by atoms with Crippen molar-refractivity contribution in [3.05, 3.63) is 28.8 Å². The summed E-state index contributed by atoms with van der Waals surface area (Å²) in [6.07, 6.45) is 0.990. The van der Waals surface area contributed by atoms with Crippen LogP contribution in [0.25, 0.3) is 0 Å². The Balaban J connectivity index is 2.64. The molecule has 4 nitrogen and oxygen atoms in total. The number of carbonyl (C=O) groups is 1. The lowest BCUT2D eigenvalue weighted by Crippen LogP contribution is -2.23. The Bertz CT molecular complexity index is 421. The maximum Gasteiger partial charge on any atom is 0.335 e. The number of halogens is 1. The average molecular weight is 271 g/mol. The summed E-state index contributed by atoms with van der Waals surface area (Å²) < 4.78 is 0. The molecule has 0 saturated heterocycles. The molecule has 0 aliphatic rings. The predicted molar refractivity (Wildman–Crippen MR) is 74.7 cm³/mol. The molecule has 0 aliphatic heterocycles. The van der Waals surface area contributed by atoms with Crippen molar-refractivity contribution in [3.8, 4) is 0 Å². The first-order chi connectivity index (χ1) is 8.40. The van der Waals surface area contributed by atoms with Crippen LogP contribution in [0.3, 0.4) is 0 Å². The zero-order chi connectivity index (χ0) is 13.7. The van der Waals surface area contributed by atoms with Crippen LogP contribution in [-0.4, -0.2) is 42.7 Å². The van der Waals surface area contributed by atoms with Gasteiger partial charge in [-0.2, -0.15) is 0 Å². The molecule has 0 saturated carbocycles. The van der Waals surface area contributed by atoms with Crippen molar-refractivity contribution in [1.82, 2.24) is 4.90 Å². The van der Waals surface area contributed by atoms with Gasteiger partial charge in [0.1, 0.15) is 0 Å². The van der Waals surface area contributed by atoms with Gasteiger partial charge in [0.2, 0.25) is 0 Å². The minimum Gasteiger partial charge on any atom is -0.478 e. The van der Waals surface area contributed by atoms with Crippen molar-refractivity contribution in [2.24, 2.45) is 0 Å². The highest BCUT2D eigenvalue weighted by atomic mass is 35.5. The molecule has 1 rings (SSSR count). The van der Waals surface area contributed by atoms with Gasteiger partial charge in [-0.05, 0) is 52.2 Å². The number of benzene rings is 1. The highest BCUT2D eigenvalue weighted by molar-refractivity contribution is 6.33. The van der Waals surface area contributed by atoms with E-state index < -0.39 is 5.97 Å². The highest BCUT2D eigenvalue weighted by Gasteiger charge is 2.09. The van der Waals surface area contributed by atoms with Crippen LogP contribution in [0.1, 0.15) is 23.7 Å². The standard InChI is InChI=1S/C13H19ClN2O2/c1-9(6-7-16(2)3)15-12-5-4-10(13(17)18)8-11(12)14/h4-5,8-9,15H,6-7H2,1-3H3,(H,17,18). The highest BCUT2D eigenvalue weighted by Crippen LogP contribution is 2.24. The minimum atomic E-state index is -0.968. The largest absolute Gasteiger partial charge is 0.478 e. The van der Waals surface area contributed by atoms with Crippen LogP contribution in [-0.2, 0) is 0 Å². The Morgan fingerprint density at radius 2 is 2.17 bits per heavy atom. The van der Waals surface area contributed by atoms with Gasteiger partial charge in [-0.1, -0.05) is 11.6 Å². The number of hydrogen-bond donors (Lipinski definition) is 2. The molecule has 5 heteroatoms. The van der Waals surface area contributed by atoms with Crippen molar-refractivity contribution < 1.29 is 9.90 Å². The van der Waals surface area contributed by atoms with Crippen LogP contribution >= 0.6 is 11.6 Å². The van der Waals surface area contributed by atoms with Crippen LogP contribution in [0.2, 0.25) is 5.02 Å². The Hall–Kier alpha value is -1.26. The Labute approximate surface area is 113 Å². The smallest absolute Gasteiger partial charge is 0.335 e. The summed E-state index contributed by atoms with van der Waals surface area (Å²) in [5.74, 6) is -0.968. The lowest BCUT2D eigenvalue weighted by Gasteiger charge is -2.18. The Morgan fingerprint density at radius 3 is 2.67 bits per heavy atom. The fourth-order valence-corrected chi connectivity index (χ4v) is 1.79. The third-order valence-corrected chi connectivity index (χ3v) is 2.94. The Morgan fingerprint density at radius 1 is 1.50 bits per heavy atom. The predicted octanol–water partition coefficient (Wildman–Crippen LogP) is 2.79. The lowest BCUT2D eigenvalue weighted by molar-refractivity contribution is 0.0697. The molecule has 0 radical (unpaired) electrons. The van der Waals surface area contributed by atoms with Gasteiger partial charge in [0.05, 0.1) is 16.3 Å². The second-order valence-electron chi connectivity index (χ2n) is 4.64. The quantitative estimate of drug-likeness (QED) is 0.835. The fourth-order valence-electron chi connectivity index (χ4n) is 1.55.